The summed E-state index contributed by atoms with van der Waals surface area (Å²) in [6.45, 7) is -0.0988. The van der Waals surface area contributed by atoms with Gasteiger partial charge in [-0.15, -0.1) is 0 Å². The zero-order valence-electron chi connectivity index (χ0n) is 16.2. The zero-order chi connectivity index (χ0) is 21.9. The molecule has 2 rings (SSSR count). The molecule has 0 spiro atoms. The van der Waals surface area contributed by atoms with Gasteiger partial charge in [-0.1, -0.05) is 60.1 Å². The normalized spacial score (nSPS) is 12.5. The van der Waals surface area contributed by atoms with E-state index < -0.39 is 30.1 Å². The lowest BCUT2D eigenvalue weighted by atomic mass is 10.0. The Morgan fingerprint density at radius 2 is 1.73 bits per heavy atom. The average molecular weight is 434 g/mol. The number of aliphatic hydroxyl groups excluding tert-OH is 1. The zero-order valence-corrected chi connectivity index (χ0v) is 17.0. The van der Waals surface area contributed by atoms with Gasteiger partial charge in [-0.05, 0) is 17.2 Å². The minimum Gasteiger partial charge on any atom is -0.445 e. The monoisotopic (exact) mass is 433 g/mol. The van der Waals surface area contributed by atoms with Crippen LogP contribution in [0.25, 0.3) is 0 Å². The second-order valence-electron chi connectivity index (χ2n) is 6.62. The Hall–Kier alpha value is -3.10. The molecule has 5 N–H and O–H groups in total. The van der Waals surface area contributed by atoms with Crippen LogP contribution in [0.1, 0.15) is 17.5 Å². The third-order valence-electron chi connectivity index (χ3n) is 4.18. The van der Waals surface area contributed by atoms with Crippen molar-refractivity contribution in [3.63, 3.8) is 0 Å². The molecule has 0 fully saturated rings. The van der Waals surface area contributed by atoms with Crippen molar-refractivity contribution in [1.82, 2.24) is 10.6 Å². The fraction of sp³-hybridized carbons (Fsp3) is 0.286. The van der Waals surface area contributed by atoms with Crippen LogP contribution in [0, 0.1) is 0 Å². The Morgan fingerprint density at radius 1 is 1.07 bits per heavy atom. The molecule has 0 aliphatic carbocycles. The second kappa shape index (κ2) is 11.8. The molecule has 2 aromatic rings. The summed E-state index contributed by atoms with van der Waals surface area (Å²) in [6, 6.07) is 15.0. The van der Waals surface area contributed by atoms with Gasteiger partial charge in [0.15, 0.2) is 0 Å². The van der Waals surface area contributed by atoms with E-state index in [-0.39, 0.29) is 26.0 Å². The smallest absolute Gasteiger partial charge is 0.407 e. The van der Waals surface area contributed by atoms with Crippen molar-refractivity contribution in [1.29, 1.82) is 0 Å². The van der Waals surface area contributed by atoms with E-state index >= 15 is 0 Å². The number of nitrogens with two attached hydrogens (primary N) is 1. The van der Waals surface area contributed by atoms with E-state index in [9.17, 15) is 19.5 Å². The highest BCUT2D eigenvalue weighted by Crippen LogP contribution is 2.16. The molecular formula is C21H24ClN3O5. The van der Waals surface area contributed by atoms with Crippen LogP contribution >= 0.6 is 11.6 Å². The summed E-state index contributed by atoms with van der Waals surface area (Å²) in [5, 5.41) is 15.3. The van der Waals surface area contributed by atoms with Crippen LogP contribution in [0.15, 0.2) is 54.6 Å². The Morgan fingerprint density at radius 3 is 2.40 bits per heavy atom. The molecule has 8 nitrogen and oxygen atoms in total. The largest absolute Gasteiger partial charge is 0.445 e. The molecule has 0 unspecified atom stereocenters. The van der Waals surface area contributed by atoms with Crippen LogP contribution in [0.3, 0.4) is 0 Å². The number of nitrogens with one attached hydrogen (secondary N) is 2. The Labute approximate surface area is 179 Å². The molecule has 2 atom stereocenters. The molecule has 0 heterocycles. The third-order valence-corrected chi connectivity index (χ3v) is 4.55. The van der Waals surface area contributed by atoms with Gasteiger partial charge in [-0.2, -0.15) is 0 Å². The standard InChI is InChI=1S/C21H24ClN3O5/c22-17-9-5-4-8-15(17)10-18(20(23)28)25-19(27)11-16(26)12-24-21(29)30-13-14-6-2-1-3-7-14/h1-9,16,18,26H,10-13H2,(H2,23,28)(H,24,29)(H,25,27)/t16-,18+/m1/s1. The lowest BCUT2D eigenvalue weighted by Crippen LogP contribution is -2.47. The summed E-state index contributed by atoms with van der Waals surface area (Å²) in [6.07, 6.45) is -2.08. The molecule has 160 valence electrons. The number of rotatable bonds is 10. The van der Waals surface area contributed by atoms with E-state index in [1.807, 2.05) is 30.3 Å². The van der Waals surface area contributed by atoms with Gasteiger partial charge in [-0.3, -0.25) is 9.59 Å². The van der Waals surface area contributed by atoms with Gasteiger partial charge in [0.1, 0.15) is 12.6 Å². The summed E-state index contributed by atoms with van der Waals surface area (Å²) in [7, 11) is 0. The van der Waals surface area contributed by atoms with Crippen molar-refractivity contribution >= 4 is 29.5 Å². The number of hydrogen-bond donors (Lipinski definition) is 4. The highest BCUT2D eigenvalue weighted by atomic mass is 35.5. The van der Waals surface area contributed by atoms with Crippen LogP contribution in [-0.2, 0) is 27.4 Å². The highest BCUT2D eigenvalue weighted by Gasteiger charge is 2.21. The van der Waals surface area contributed by atoms with Crippen molar-refractivity contribution in [3.05, 3.63) is 70.7 Å². The first kappa shape index (κ1) is 23.2. The molecule has 0 saturated carbocycles. The number of ether oxygens (including phenoxy) is 1. The van der Waals surface area contributed by atoms with Crippen molar-refractivity contribution in [2.75, 3.05) is 6.54 Å². The van der Waals surface area contributed by atoms with Gasteiger partial charge in [0.25, 0.3) is 0 Å². The maximum absolute atomic E-state index is 12.1. The Balaban J connectivity index is 1.74. The molecule has 0 aliphatic heterocycles. The first-order chi connectivity index (χ1) is 14.3. The number of benzene rings is 2. The van der Waals surface area contributed by atoms with Gasteiger partial charge in [0.2, 0.25) is 11.8 Å². The number of aliphatic hydroxyl groups is 1. The van der Waals surface area contributed by atoms with Gasteiger partial charge < -0.3 is 26.2 Å². The summed E-state index contributed by atoms with van der Waals surface area (Å²) in [4.78, 5) is 35.5. The number of primary amides is 1. The maximum Gasteiger partial charge on any atom is 0.407 e. The lowest BCUT2D eigenvalue weighted by molar-refractivity contribution is -0.128. The topological polar surface area (TPSA) is 131 Å². The summed E-state index contributed by atoms with van der Waals surface area (Å²) < 4.78 is 5.02. The van der Waals surface area contributed by atoms with E-state index in [0.29, 0.717) is 10.6 Å². The summed E-state index contributed by atoms with van der Waals surface area (Å²) >= 11 is 6.07. The highest BCUT2D eigenvalue weighted by molar-refractivity contribution is 6.31. The van der Waals surface area contributed by atoms with Gasteiger partial charge in [-0.25, -0.2) is 4.79 Å². The molecule has 3 amide bonds. The molecule has 0 saturated heterocycles. The van der Waals surface area contributed by atoms with Crippen LogP contribution in [0.5, 0.6) is 0 Å². The molecule has 9 heteroatoms. The van der Waals surface area contributed by atoms with Crippen LogP contribution in [0.4, 0.5) is 4.79 Å². The summed E-state index contributed by atoms with van der Waals surface area (Å²) in [5.74, 6) is -1.31. The van der Waals surface area contributed by atoms with E-state index in [4.69, 9.17) is 22.1 Å². The molecule has 0 aliphatic rings. The van der Waals surface area contributed by atoms with Crippen molar-refractivity contribution < 1.29 is 24.2 Å². The lowest BCUT2D eigenvalue weighted by Gasteiger charge is -2.18. The maximum atomic E-state index is 12.1. The van der Waals surface area contributed by atoms with Gasteiger partial charge in [0.05, 0.1) is 12.5 Å². The van der Waals surface area contributed by atoms with E-state index in [2.05, 4.69) is 10.6 Å². The first-order valence-corrected chi connectivity index (χ1v) is 9.67. The number of amides is 3. The van der Waals surface area contributed by atoms with Crippen molar-refractivity contribution in [2.45, 2.75) is 31.6 Å². The van der Waals surface area contributed by atoms with Crippen LogP contribution < -0.4 is 16.4 Å². The number of carbonyl (C=O) groups excluding carboxylic acids is 3. The summed E-state index contributed by atoms with van der Waals surface area (Å²) in [5.41, 5.74) is 6.84. The predicted octanol–water partition coefficient (Wildman–Crippen LogP) is 1.53. The van der Waals surface area contributed by atoms with Crippen molar-refractivity contribution in [3.8, 4) is 0 Å². The van der Waals surface area contributed by atoms with Gasteiger partial charge in [0, 0.05) is 18.0 Å². The molecular weight excluding hydrogens is 410 g/mol. The fourth-order valence-electron chi connectivity index (χ4n) is 2.62. The molecule has 0 aromatic heterocycles. The number of alkyl carbamates (subject to hydrolysis) is 1. The van der Waals surface area contributed by atoms with E-state index in [1.54, 1.807) is 24.3 Å². The van der Waals surface area contributed by atoms with Crippen LogP contribution in [-0.4, -0.2) is 41.7 Å². The quantitative estimate of drug-likeness (QED) is 0.451. The molecule has 0 radical (unpaired) electrons. The third kappa shape index (κ3) is 8.10. The second-order valence-corrected chi connectivity index (χ2v) is 7.03. The Kier molecular flexibility index (Phi) is 9.11. The predicted molar refractivity (Wildman–Crippen MR) is 112 cm³/mol. The fourth-order valence-corrected chi connectivity index (χ4v) is 2.83. The Bertz CT molecular complexity index is 863. The molecule has 2 aromatic carbocycles. The first-order valence-electron chi connectivity index (χ1n) is 9.30. The molecule has 30 heavy (non-hydrogen) atoms. The van der Waals surface area contributed by atoms with Crippen molar-refractivity contribution in [2.24, 2.45) is 5.73 Å². The minimum atomic E-state index is -1.16. The minimum absolute atomic E-state index is 0.0889. The number of hydrogen-bond acceptors (Lipinski definition) is 5. The van der Waals surface area contributed by atoms with Gasteiger partial charge >= 0.3 is 6.09 Å². The number of halogens is 1. The van der Waals surface area contributed by atoms with E-state index in [1.165, 1.54) is 0 Å². The van der Waals surface area contributed by atoms with E-state index in [0.717, 1.165) is 5.56 Å². The number of carbonyl (C=O) groups is 3. The molecule has 0 bridgehead atoms. The SMILES string of the molecule is NC(=O)[C@H](Cc1ccccc1Cl)NC(=O)C[C@@H](O)CNC(=O)OCc1ccccc1. The van der Waals surface area contributed by atoms with Crippen LogP contribution in [0.2, 0.25) is 5.02 Å². The average Bonchev–Trinajstić information content (AvgIpc) is 2.72.